The molecule has 0 bridgehead atoms. The number of allylic oxidation sites excluding steroid dienone is 4. The van der Waals surface area contributed by atoms with Crippen LogP contribution in [0.2, 0.25) is 0 Å². The van der Waals surface area contributed by atoms with Gasteiger partial charge in [0, 0.05) is 5.57 Å². The SMILES string of the molecule is CC1C=C(B(O)O)C=C(C#N)C1Cl. The molecule has 1 aliphatic carbocycles. The van der Waals surface area contributed by atoms with E-state index in [4.69, 9.17) is 26.9 Å². The first kappa shape index (κ1) is 10.3. The largest absolute Gasteiger partial charge is 0.488 e. The Balaban J connectivity index is 2.99. The fourth-order valence-electron chi connectivity index (χ4n) is 1.23. The maximum Gasteiger partial charge on any atom is 0.488 e. The minimum atomic E-state index is -1.53. The van der Waals surface area contributed by atoms with E-state index in [1.54, 1.807) is 6.08 Å². The average molecular weight is 197 g/mol. The van der Waals surface area contributed by atoms with Gasteiger partial charge in [0.1, 0.15) is 0 Å². The molecule has 1 aliphatic rings. The maximum absolute atomic E-state index is 8.88. The van der Waals surface area contributed by atoms with Crippen LogP contribution < -0.4 is 0 Å². The normalized spacial score (nSPS) is 27.3. The van der Waals surface area contributed by atoms with E-state index in [2.05, 4.69) is 0 Å². The van der Waals surface area contributed by atoms with Gasteiger partial charge in [-0.25, -0.2) is 0 Å². The van der Waals surface area contributed by atoms with Crippen LogP contribution in [0.5, 0.6) is 0 Å². The summed E-state index contributed by atoms with van der Waals surface area (Å²) < 4.78 is 0. The maximum atomic E-state index is 8.88. The van der Waals surface area contributed by atoms with E-state index in [1.165, 1.54) is 6.08 Å². The van der Waals surface area contributed by atoms with Gasteiger partial charge < -0.3 is 10.0 Å². The first-order chi connectivity index (χ1) is 6.06. The van der Waals surface area contributed by atoms with Gasteiger partial charge in [0.05, 0.1) is 11.4 Å². The Kier molecular flexibility index (Phi) is 3.15. The van der Waals surface area contributed by atoms with Gasteiger partial charge in [0.2, 0.25) is 0 Å². The smallest absolute Gasteiger partial charge is 0.423 e. The number of hydrogen-bond donors (Lipinski definition) is 2. The van der Waals surface area contributed by atoms with E-state index in [1.807, 2.05) is 13.0 Å². The van der Waals surface area contributed by atoms with Crippen molar-refractivity contribution in [3.8, 4) is 6.07 Å². The van der Waals surface area contributed by atoms with Gasteiger partial charge in [-0.3, -0.25) is 0 Å². The quantitative estimate of drug-likeness (QED) is 0.479. The molecule has 3 nitrogen and oxygen atoms in total. The fraction of sp³-hybridized carbons (Fsp3) is 0.375. The van der Waals surface area contributed by atoms with Gasteiger partial charge in [-0.1, -0.05) is 13.0 Å². The molecule has 0 aliphatic heterocycles. The zero-order valence-electron chi connectivity index (χ0n) is 7.11. The monoisotopic (exact) mass is 197 g/mol. The van der Waals surface area contributed by atoms with E-state index >= 15 is 0 Å². The van der Waals surface area contributed by atoms with E-state index in [-0.39, 0.29) is 11.3 Å². The Morgan fingerprint density at radius 2 is 2.23 bits per heavy atom. The van der Waals surface area contributed by atoms with Crippen molar-refractivity contribution >= 4 is 18.7 Å². The molecular formula is C8H9BClNO2. The van der Waals surface area contributed by atoms with E-state index in [9.17, 15) is 0 Å². The van der Waals surface area contributed by atoms with E-state index in [0.29, 0.717) is 11.0 Å². The van der Waals surface area contributed by atoms with Crippen molar-refractivity contribution < 1.29 is 10.0 Å². The highest BCUT2D eigenvalue weighted by Crippen LogP contribution is 2.27. The zero-order chi connectivity index (χ0) is 10.0. The fourth-order valence-corrected chi connectivity index (χ4v) is 1.42. The minimum absolute atomic E-state index is 0.0573. The molecule has 13 heavy (non-hydrogen) atoms. The third-order valence-electron chi connectivity index (χ3n) is 1.96. The van der Waals surface area contributed by atoms with Crippen LogP contribution in [0.4, 0.5) is 0 Å². The Morgan fingerprint density at radius 1 is 1.62 bits per heavy atom. The number of halogens is 1. The highest BCUT2D eigenvalue weighted by molar-refractivity contribution is 6.52. The number of nitrogens with zero attached hydrogens (tertiary/aromatic N) is 1. The first-order valence-corrected chi connectivity index (χ1v) is 4.33. The molecule has 0 aromatic rings. The van der Waals surface area contributed by atoms with Gasteiger partial charge in [-0.15, -0.1) is 11.6 Å². The van der Waals surface area contributed by atoms with Crippen molar-refractivity contribution in [2.45, 2.75) is 12.3 Å². The Hall–Kier alpha value is -0.755. The lowest BCUT2D eigenvalue weighted by Crippen LogP contribution is -2.23. The predicted octanol–water partition coefficient (Wildman–Crippen LogP) is 0.632. The molecule has 0 spiro atoms. The van der Waals surface area contributed by atoms with Gasteiger partial charge in [0.25, 0.3) is 0 Å². The first-order valence-electron chi connectivity index (χ1n) is 3.90. The van der Waals surface area contributed by atoms with Crippen molar-refractivity contribution in [1.29, 1.82) is 5.26 Å². The van der Waals surface area contributed by atoms with Crippen LogP contribution in [-0.4, -0.2) is 22.5 Å². The summed E-state index contributed by atoms with van der Waals surface area (Å²) >= 11 is 5.90. The summed E-state index contributed by atoms with van der Waals surface area (Å²) in [6.45, 7) is 1.82. The van der Waals surface area contributed by atoms with E-state index in [0.717, 1.165) is 0 Å². The summed E-state index contributed by atoms with van der Waals surface area (Å²) in [6, 6.07) is 1.94. The van der Waals surface area contributed by atoms with E-state index < -0.39 is 7.12 Å². The lowest BCUT2D eigenvalue weighted by molar-refractivity contribution is 0.419. The van der Waals surface area contributed by atoms with Crippen LogP contribution in [-0.2, 0) is 0 Å². The molecule has 0 radical (unpaired) electrons. The highest BCUT2D eigenvalue weighted by Gasteiger charge is 2.26. The van der Waals surface area contributed by atoms with Crippen LogP contribution in [0.3, 0.4) is 0 Å². The minimum Gasteiger partial charge on any atom is -0.423 e. The lowest BCUT2D eigenvalue weighted by Gasteiger charge is -2.20. The van der Waals surface area contributed by atoms with Crippen molar-refractivity contribution in [3.63, 3.8) is 0 Å². The molecular weight excluding hydrogens is 188 g/mol. The predicted molar refractivity (Wildman–Crippen MR) is 50.8 cm³/mol. The van der Waals surface area contributed by atoms with Gasteiger partial charge in [0.15, 0.2) is 0 Å². The molecule has 68 valence electrons. The topological polar surface area (TPSA) is 64.2 Å². The van der Waals surface area contributed by atoms with Crippen LogP contribution in [0.15, 0.2) is 23.2 Å². The molecule has 2 atom stereocenters. The third-order valence-corrected chi connectivity index (χ3v) is 2.60. The van der Waals surface area contributed by atoms with Crippen LogP contribution >= 0.6 is 11.6 Å². The Morgan fingerprint density at radius 3 is 2.69 bits per heavy atom. The number of hydrogen-bond acceptors (Lipinski definition) is 3. The molecule has 0 aromatic carbocycles. The average Bonchev–Trinajstić information content (AvgIpc) is 2.09. The molecule has 0 aromatic heterocycles. The molecule has 0 heterocycles. The molecule has 2 unspecified atom stereocenters. The zero-order valence-corrected chi connectivity index (χ0v) is 7.86. The molecule has 5 heteroatoms. The van der Waals surface area contributed by atoms with Crippen molar-refractivity contribution in [2.75, 3.05) is 0 Å². The van der Waals surface area contributed by atoms with Gasteiger partial charge in [-0.05, 0) is 17.5 Å². The molecule has 0 saturated carbocycles. The Labute approximate surface area is 82.1 Å². The summed E-state index contributed by atoms with van der Waals surface area (Å²) in [7, 11) is -1.53. The third kappa shape index (κ3) is 2.13. The summed E-state index contributed by atoms with van der Waals surface area (Å²) in [5.41, 5.74) is 0.709. The van der Waals surface area contributed by atoms with Crippen molar-refractivity contribution in [1.82, 2.24) is 0 Å². The molecule has 0 saturated heterocycles. The van der Waals surface area contributed by atoms with Crippen LogP contribution in [0, 0.1) is 17.2 Å². The summed E-state index contributed by atoms with van der Waals surface area (Å²) in [5.74, 6) is -0.0573. The number of alkyl halides is 1. The number of nitriles is 1. The highest BCUT2D eigenvalue weighted by atomic mass is 35.5. The Bertz CT molecular complexity index is 306. The molecule has 0 fully saturated rings. The second-order valence-corrected chi connectivity index (χ2v) is 3.48. The van der Waals surface area contributed by atoms with Crippen LogP contribution in [0.25, 0.3) is 0 Å². The summed E-state index contributed by atoms with van der Waals surface area (Å²) in [6.07, 6.45) is 3.07. The second-order valence-electron chi connectivity index (χ2n) is 3.01. The standard InChI is InChI=1S/C8H9BClNO2/c1-5-2-7(9(12)13)3-6(4-11)8(5)10/h2-3,5,8,12-13H,1H3. The van der Waals surface area contributed by atoms with Crippen molar-refractivity contribution in [3.05, 3.63) is 23.2 Å². The summed E-state index contributed by atoms with van der Waals surface area (Å²) in [4.78, 5) is 0. The van der Waals surface area contributed by atoms with Gasteiger partial charge >= 0.3 is 7.12 Å². The second kappa shape index (κ2) is 3.97. The van der Waals surface area contributed by atoms with Crippen LogP contribution in [0.1, 0.15) is 6.92 Å². The molecule has 0 amide bonds. The van der Waals surface area contributed by atoms with Gasteiger partial charge in [-0.2, -0.15) is 5.26 Å². The number of rotatable bonds is 1. The molecule has 2 N–H and O–H groups in total. The lowest BCUT2D eigenvalue weighted by atomic mass is 9.73. The summed E-state index contributed by atoms with van der Waals surface area (Å²) in [5, 5.41) is 26.1. The molecule has 1 rings (SSSR count). The van der Waals surface area contributed by atoms with Crippen molar-refractivity contribution in [2.24, 2.45) is 5.92 Å².